The summed E-state index contributed by atoms with van der Waals surface area (Å²) in [6, 6.07) is 13.9. The maximum Gasteiger partial charge on any atom is 0.307 e. The van der Waals surface area contributed by atoms with Crippen LogP contribution >= 0.6 is 35.1 Å². The average Bonchev–Trinajstić information content (AvgIpc) is 2.68. The van der Waals surface area contributed by atoms with Crippen LogP contribution in [-0.4, -0.2) is 42.8 Å². The molecule has 154 valence electrons. The number of aliphatic imine (C=N–C) groups is 1. The number of nitrogens with zero attached hydrogens (tertiary/aromatic N) is 1. The van der Waals surface area contributed by atoms with Gasteiger partial charge in [-0.1, -0.05) is 23.7 Å². The standard InChI is InChI=1S/C20H20ClNO4S3/c1-2-26-19(23)13-18-20(22-16-5-3-4-6-17(16)28-18)27-11-12-29(24,25)15-9-7-14(21)8-10-15/h3-10,18H,2,11-13H2,1H3. The fourth-order valence-electron chi connectivity index (χ4n) is 2.68. The molecule has 0 saturated heterocycles. The van der Waals surface area contributed by atoms with Gasteiger partial charge in [0.05, 0.1) is 39.7 Å². The first-order valence-electron chi connectivity index (χ1n) is 9.00. The minimum Gasteiger partial charge on any atom is -0.466 e. The Morgan fingerprint density at radius 1 is 1.21 bits per heavy atom. The van der Waals surface area contributed by atoms with E-state index in [0.29, 0.717) is 17.4 Å². The van der Waals surface area contributed by atoms with E-state index >= 15 is 0 Å². The van der Waals surface area contributed by atoms with Crippen LogP contribution in [0.25, 0.3) is 0 Å². The summed E-state index contributed by atoms with van der Waals surface area (Å²) < 4.78 is 30.2. The van der Waals surface area contributed by atoms with Crippen molar-refractivity contribution in [2.24, 2.45) is 4.99 Å². The number of hydrogen-bond donors (Lipinski definition) is 0. The van der Waals surface area contributed by atoms with E-state index in [-0.39, 0.29) is 28.3 Å². The lowest BCUT2D eigenvalue weighted by molar-refractivity contribution is -0.142. The molecule has 0 aliphatic carbocycles. The van der Waals surface area contributed by atoms with E-state index in [1.807, 2.05) is 24.3 Å². The van der Waals surface area contributed by atoms with Crippen LogP contribution in [0.3, 0.4) is 0 Å². The number of carbonyl (C=O) groups excluding carboxylic acids is 1. The number of rotatable bonds is 7. The third-order valence-electron chi connectivity index (χ3n) is 4.07. The van der Waals surface area contributed by atoms with Crippen molar-refractivity contribution >= 4 is 61.7 Å². The molecular weight excluding hydrogens is 450 g/mol. The first-order valence-corrected chi connectivity index (χ1v) is 12.9. The van der Waals surface area contributed by atoms with Gasteiger partial charge in [-0.05, 0) is 43.3 Å². The Kier molecular flexibility index (Phi) is 7.67. The Morgan fingerprint density at radius 3 is 2.66 bits per heavy atom. The monoisotopic (exact) mass is 469 g/mol. The van der Waals surface area contributed by atoms with Gasteiger partial charge in [-0.3, -0.25) is 4.79 Å². The first-order chi connectivity index (χ1) is 13.9. The lowest BCUT2D eigenvalue weighted by Gasteiger charge is -2.23. The molecule has 0 bridgehead atoms. The molecule has 1 aliphatic rings. The second-order valence-corrected chi connectivity index (χ2v) is 11.1. The SMILES string of the molecule is CCOC(=O)CC1Sc2ccccc2N=C1SCCS(=O)(=O)c1ccc(Cl)cc1. The number of ether oxygens (including phenoxy) is 1. The summed E-state index contributed by atoms with van der Waals surface area (Å²) in [4.78, 5) is 17.9. The number of carbonyl (C=O) groups is 1. The van der Waals surface area contributed by atoms with Crippen molar-refractivity contribution in [3.8, 4) is 0 Å². The lowest BCUT2D eigenvalue weighted by atomic mass is 10.3. The molecule has 1 unspecified atom stereocenters. The Labute approximate surface area is 184 Å². The van der Waals surface area contributed by atoms with Gasteiger partial charge >= 0.3 is 5.97 Å². The fraction of sp³-hybridized carbons (Fsp3) is 0.300. The molecule has 0 N–H and O–H groups in total. The zero-order valence-corrected chi connectivity index (χ0v) is 18.9. The number of esters is 1. The minimum absolute atomic E-state index is 0.0310. The van der Waals surface area contributed by atoms with E-state index in [1.54, 1.807) is 30.8 Å². The highest BCUT2D eigenvalue weighted by Gasteiger charge is 2.27. The normalized spacial score (nSPS) is 16.1. The van der Waals surface area contributed by atoms with Gasteiger partial charge in [0.25, 0.3) is 0 Å². The first kappa shape index (κ1) is 22.2. The van der Waals surface area contributed by atoms with Crippen LogP contribution in [0, 0.1) is 0 Å². The second kappa shape index (κ2) is 10.0. The molecule has 0 spiro atoms. The second-order valence-electron chi connectivity index (χ2n) is 6.15. The largest absolute Gasteiger partial charge is 0.466 e. The molecule has 1 aliphatic heterocycles. The van der Waals surface area contributed by atoms with Crippen molar-refractivity contribution < 1.29 is 17.9 Å². The third kappa shape index (κ3) is 6.01. The number of hydrogen-bond acceptors (Lipinski definition) is 7. The van der Waals surface area contributed by atoms with Gasteiger partial charge in [0.1, 0.15) is 0 Å². The number of benzene rings is 2. The molecule has 3 rings (SSSR count). The van der Waals surface area contributed by atoms with Gasteiger partial charge in [-0.2, -0.15) is 0 Å². The molecule has 9 heteroatoms. The van der Waals surface area contributed by atoms with Crippen molar-refractivity contribution in [2.75, 3.05) is 18.1 Å². The van der Waals surface area contributed by atoms with E-state index in [0.717, 1.165) is 15.6 Å². The van der Waals surface area contributed by atoms with Crippen LogP contribution in [-0.2, 0) is 19.4 Å². The van der Waals surface area contributed by atoms with Crippen LogP contribution in [0.15, 0.2) is 63.3 Å². The molecule has 0 aromatic heterocycles. The maximum absolute atomic E-state index is 12.6. The van der Waals surface area contributed by atoms with Gasteiger partial charge < -0.3 is 4.74 Å². The highest BCUT2D eigenvalue weighted by Crippen LogP contribution is 2.41. The topological polar surface area (TPSA) is 72.8 Å². The van der Waals surface area contributed by atoms with Crippen LogP contribution in [0.1, 0.15) is 13.3 Å². The molecule has 0 radical (unpaired) electrons. The molecule has 0 fully saturated rings. The molecule has 29 heavy (non-hydrogen) atoms. The molecule has 5 nitrogen and oxygen atoms in total. The zero-order chi connectivity index (χ0) is 20.9. The van der Waals surface area contributed by atoms with Crippen molar-refractivity contribution in [1.29, 1.82) is 0 Å². The van der Waals surface area contributed by atoms with Crippen molar-refractivity contribution in [3.05, 3.63) is 53.6 Å². The van der Waals surface area contributed by atoms with E-state index in [1.165, 1.54) is 23.9 Å². The highest BCUT2D eigenvalue weighted by atomic mass is 35.5. The minimum atomic E-state index is -3.42. The Bertz CT molecular complexity index is 1010. The van der Waals surface area contributed by atoms with Gasteiger partial charge in [0, 0.05) is 15.7 Å². The molecular formula is C20H20ClNO4S3. The zero-order valence-electron chi connectivity index (χ0n) is 15.7. The van der Waals surface area contributed by atoms with Crippen LogP contribution in [0.5, 0.6) is 0 Å². The van der Waals surface area contributed by atoms with E-state index in [2.05, 4.69) is 4.99 Å². The van der Waals surface area contributed by atoms with Gasteiger partial charge in [-0.15, -0.1) is 23.5 Å². The third-order valence-corrected chi connectivity index (χ3v) is 8.82. The van der Waals surface area contributed by atoms with E-state index < -0.39 is 9.84 Å². The number of thioether (sulfide) groups is 2. The van der Waals surface area contributed by atoms with E-state index in [4.69, 9.17) is 16.3 Å². The number of halogens is 1. The predicted octanol–water partition coefficient (Wildman–Crippen LogP) is 5.00. The Morgan fingerprint density at radius 2 is 1.93 bits per heavy atom. The maximum atomic E-state index is 12.6. The van der Waals surface area contributed by atoms with Crippen LogP contribution in [0.2, 0.25) is 5.02 Å². The lowest BCUT2D eigenvalue weighted by Crippen LogP contribution is -2.23. The van der Waals surface area contributed by atoms with E-state index in [9.17, 15) is 13.2 Å². The van der Waals surface area contributed by atoms with Gasteiger partial charge in [-0.25, -0.2) is 13.4 Å². The Hall–Kier alpha value is -1.48. The summed E-state index contributed by atoms with van der Waals surface area (Å²) >= 11 is 8.76. The van der Waals surface area contributed by atoms with Gasteiger partial charge in [0.15, 0.2) is 9.84 Å². The van der Waals surface area contributed by atoms with Crippen LogP contribution in [0.4, 0.5) is 5.69 Å². The quantitative estimate of drug-likeness (QED) is 0.531. The summed E-state index contributed by atoms with van der Waals surface area (Å²) in [6.45, 7) is 2.10. The van der Waals surface area contributed by atoms with Crippen molar-refractivity contribution in [3.63, 3.8) is 0 Å². The molecule has 2 aromatic carbocycles. The Balaban J connectivity index is 1.71. The predicted molar refractivity (Wildman–Crippen MR) is 120 cm³/mol. The highest BCUT2D eigenvalue weighted by molar-refractivity contribution is 8.16. The van der Waals surface area contributed by atoms with Crippen molar-refractivity contribution in [1.82, 2.24) is 0 Å². The molecule has 1 atom stereocenters. The molecule has 1 heterocycles. The fourth-order valence-corrected chi connectivity index (χ4v) is 6.87. The number of fused-ring (bicyclic) bond motifs is 1. The summed E-state index contributed by atoms with van der Waals surface area (Å²) in [5.41, 5.74) is 0.834. The summed E-state index contributed by atoms with van der Waals surface area (Å²) in [6.07, 6.45) is 0.197. The summed E-state index contributed by atoms with van der Waals surface area (Å²) in [5, 5.41) is 1.05. The number of sulfone groups is 1. The summed E-state index contributed by atoms with van der Waals surface area (Å²) in [7, 11) is -3.42. The van der Waals surface area contributed by atoms with Crippen LogP contribution < -0.4 is 0 Å². The smallest absolute Gasteiger partial charge is 0.307 e. The van der Waals surface area contributed by atoms with Crippen molar-refractivity contribution in [2.45, 2.75) is 28.4 Å². The van der Waals surface area contributed by atoms with Gasteiger partial charge in [0.2, 0.25) is 0 Å². The number of para-hydroxylation sites is 1. The average molecular weight is 470 g/mol. The summed E-state index contributed by atoms with van der Waals surface area (Å²) in [5.74, 6) is 0.0225. The molecule has 0 amide bonds. The molecule has 0 saturated carbocycles. The molecule has 2 aromatic rings.